The molecule has 0 saturated heterocycles. The molecule has 148 valence electrons. The molecule has 11 nitrogen and oxygen atoms in total. The van der Waals surface area contributed by atoms with Crippen molar-refractivity contribution in [2.24, 2.45) is 11.7 Å². The first-order valence-corrected chi connectivity index (χ1v) is 8.01. The second-order valence-corrected chi connectivity index (χ2v) is 6.25. The number of carbonyl (C=O) groups excluding carboxylic acids is 3. The van der Waals surface area contributed by atoms with Crippen LogP contribution in [0.4, 0.5) is 0 Å². The van der Waals surface area contributed by atoms with Crippen LogP contribution in [0.3, 0.4) is 0 Å². The van der Waals surface area contributed by atoms with Crippen LogP contribution in [0.25, 0.3) is 0 Å². The fourth-order valence-electron chi connectivity index (χ4n) is 1.92. The van der Waals surface area contributed by atoms with Crippen molar-refractivity contribution in [1.29, 1.82) is 0 Å². The van der Waals surface area contributed by atoms with Gasteiger partial charge in [0, 0.05) is 0 Å². The minimum atomic E-state index is -1.41. The van der Waals surface area contributed by atoms with E-state index in [1.807, 2.05) is 0 Å². The molecule has 0 rings (SSSR count). The van der Waals surface area contributed by atoms with Gasteiger partial charge in [0.15, 0.2) is 0 Å². The molecular formula is C15H26N4O7. The Labute approximate surface area is 150 Å². The van der Waals surface area contributed by atoms with E-state index < -0.39 is 60.8 Å². The summed E-state index contributed by atoms with van der Waals surface area (Å²) >= 11 is 0. The van der Waals surface area contributed by atoms with E-state index in [1.54, 1.807) is 13.8 Å². The summed E-state index contributed by atoms with van der Waals surface area (Å²) in [4.78, 5) is 57.3. The Morgan fingerprint density at radius 1 is 0.923 bits per heavy atom. The number of amides is 3. The Kier molecular flexibility index (Phi) is 9.89. The molecule has 11 heteroatoms. The molecule has 0 aliphatic rings. The summed E-state index contributed by atoms with van der Waals surface area (Å²) in [5, 5.41) is 24.5. The van der Waals surface area contributed by atoms with Crippen LogP contribution in [0.5, 0.6) is 0 Å². The summed E-state index contributed by atoms with van der Waals surface area (Å²) in [6, 6.07) is -3.47. The second-order valence-electron chi connectivity index (χ2n) is 6.25. The summed E-state index contributed by atoms with van der Waals surface area (Å²) < 4.78 is 0. The lowest BCUT2D eigenvalue weighted by molar-refractivity contribution is -0.143. The standard InChI is InChI=1S/C15H26N4O7/c1-7(2)4-10(15(25)26)18-11(20)6-17-14(24)9(5-12(21)22)19-13(23)8(3)16/h7-10H,4-6,16H2,1-3H3,(H,17,24)(H,18,20)(H,19,23)(H,21,22)(H,25,26). The molecule has 3 unspecified atom stereocenters. The van der Waals surface area contributed by atoms with E-state index in [4.69, 9.17) is 15.9 Å². The first kappa shape index (κ1) is 23.3. The highest BCUT2D eigenvalue weighted by Crippen LogP contribution is 2.04. The third-order valence-corrected chi connectivity index (χ3v) is 3.19. The van der Waals surface area contributed by atoms with Gasteiger partial charge in [0.25, 0.3) is 0 Å². The van der Waals surface area contributed by atoms with E-state index in [2.05, 4.69) is 16.0 Å². The van der Waals surface area contributed by atoms with Gasteiger partial charge in [-0.15, -0.1) is 0 Å². The van der Waals surface area contributed by atoms with Crippen molar-refractivity contribution in [2.75, 3.05) is 6.54 Å². The molecule has 3 atom stereocenters. The van der Waals surface area contributed by atoms with Crippen LogP contribution in [0.1, 0.15) is 33.6 Å². The minimum Gasteiger partial charge on any atom is -0.481 e. The largest absolute Gasteiger partial charge is 0.481 e. The van der Waals surface area contributed by atoms with Crippen LogP contribution in [0.2, 0.25) is 0 Å². The second kappa shape index (κ2) is 11.0. The summed E-state index contributed by atoms with van der Waals surface area (Å²) in [6.07, 6.45) is -0.488. The van der Waals surface area contributed by atoms with Crippen molar-refractivity contribution in [3.8, 4) is 0 Å². The minimum absolute atomic E-state index is 0.0272. The maximum atomic E-state index is 12.0. The van der Waals surface area contributed by atoms with Crippen molar-refractivity contribution in [3.05, 3.63) is 0 Å². The van der Waals surface area contributed by atoms with Crippen LogP contribution in [0, 0.1) is 5.92 Å². The van der Waals surface area contributed by atoms with Gasteiger partial charge in [-0.1, -0.05) is 13.8 Å². The maximum absolute atomic E-state index is 12.0. The SMILES string of the molecule is CC(C)CC(NC(=O)CNC(=O)C(CC(=O)O)NC(=O)C(C)N)C(=O)O. The number of carboxylic acid groups (broad SMARTS) is 2. The Hall–Kier alpha value is -2.69. The number of rotatable bonds is 11. The fourth-order valence-corrected chi connectivity index (χ4v) is 1.92. The number of aliphatic carboxylic acids is 2. The van der Waals surface area contributed by atoms with Gasteiger partial charge >= 0.3 is 11.9 Å². The lowest BCUT2D eigenvalue weighted by Crippen LogP contribution is -2.53. The first-order chi connectivity index (χ1) is 11.9. The van der Waals surface area contributed by atoms with Gasteiger partial charge in [0.05, 0.1) is 19.0 Å². The predicted octanol–water partition coefficient (Wildman–Crippen LogP) is -1.98. The molecule has 0 fully saturated rings. The van der Waals surface area contributed by atoms with Gasteiger partial charge in [-0.2, -0.15) is 0 Å². The number of carbonyl (C=O) groups is 5. The molecule has 0 aromatic carbocycles. The molecule has 0 radical (unpaired) electrons. The Balaban J connectivity index is 4.73. The van der Waals surface area contributed by atoms with Gasteiger partial charge in [0.1, 0.15) is 12.1 Å². The van der Waals surface area contributed by atoms with Crippen LogP contribution < -0.4 is 21.7 Å². The molecule has 26 heavy (non-hydrogen) atoms. The monoisotopic (exact) mass is 374 g/mol. The van der Waals surface area contributed by atoms with E-state index in [0.717, 1.165) is 0 Å². The Morgan fingerprint density at radius 2 is 1.50 bits per heavy atom. The summed E-state index contributed by atoms with van der Waals surface area (Å²) in [5.41, 5.74) is 5.35. The molecule has 0 aliphatic carbocycles. The summed E-state index contributed by atoms with van der Waals surface area (Å²) in [7, 11) is 0. The molecule has 0 aromatic rings. The van der Waals surface area contributed by atoms with Crippen LogP contribution in [-0.4, -0.2) is 64.5 Å². The van der Waals surface area contributed by atoms with Crippen molar-refractivity contribution in [1.82, 2.24) is 16.0 Å². The smallest absolute Gasteiger partial charge is 0.326 e. The summed E-state index contributed by atoms with van der Waals surface area (Å²) in [6.45, 7) is 4.38. The fraction of sp³-hybridized carbons (Fsp3) is 0.667. The third kappa shape index (κ3) is 9.57. The van der Waals surface area contributed by atoms with Gasteiger partial charge in [-0.3, -0.25) is 19.2 Å². The zero-order chi connectivity index (χ0) is 20.4. The Morgan fingerprint density at radius 3 is 1.92 bits per heavy atom. The zero-order valence-electron chi connectivity index (χ0n) is 14.9. The lowest BCUT2D eigenvalue weighted by atomic mass is 10.0. The average molecular weight is 374 g/mol. The van der Waals surface area contributed by atoms with Crippen LogP contribution in [-0.2, 0) is 24.0 Å². The van der Waals surface area contributed by atoms with Gasteiger partial charge in [-0.05, 0) is 19.3 Å². The van der Waals surface area contributed by atoms with Gasteiger partial charge in [-0.25, -0.2) is 4.79 Å². The predicted molar refractivity (Wildman–Crippen MR) is 89.9 cm³/mol. The average Bonchev–Trinajstić information content (AvgIpc) is 2.50. The van der Waals surface area contributed by atoms with Crippen LogP contribution in [0.15, 0.2) is 0 Å². The quantitative estimate of drug-likeness (QED) is 0.240. The number of carboxylic acids is 2. The van der Waals surface area contributed by atoms with Crippen molar-refractivity contribution < 1.29 is 34.2 Å². The molecule has 0 aliphatic heterocycles. The Bertz CT molecular complexity index is 548. The first-order valence-electron chi connectivity index (χ1n) is 8.01. The molecule has 3 amide bonds. The van der Waals surface area contributed by atoms with E-state index >= 15 is 0 Å². The van der Waals surface area contributed by atoms with E-state index in [9.17, 15) is 24.0 Å². The highest BCUT2D eigenvalue weighted by Gasteiger charge is 2.26. The van der Waals surface area contributed by atoms with Crippen molar-refractivity contribution in [2.45, 2.75) is 51.7 Å². The number of nitrogens with one attached hydrogen (secondary N) is 3. The molecule has 0 spiro atoms. The molecular weight excluding hydrogens is 348 g/mol. The van der Waals surface area contributed by atoms with Crippen LogP contribution >= 0.6 is 0 Å². The molecule has 0 heterocycles. The van der Waals surface area contributed by atoms with Crippen molar-refractivity contribution in [3.63, 3.8) is 0 Å². The van der Waals surface area contributed by atoms with Crippen molar-refractivity contribution >= 4 is 29.7 Å². The zero-order valence-corrected chi connectivity index (χ0v) is 14.9. The molecule has 7 N–H and O–H groups in total. The number of hydrogen-bond acceptors (Lipinski definition) is 6. The lowest BCUT2D eigenvalue weighted by Gasteiger charge is -2.19. The highest BCUT2D eigenvalue weighted by atomic mass is 16.4. The van der Waals surface area contributed by atoms with E-state index in [-0.39, 0.29) is 12.3 Å². The molecule has 0 bridgehead atoms. The van der Waals surface area contributed by atoms with Gasteiger partial charge < -0.3 is 31.9 Å². The normalized spacial score (nSPS) is 14.0. The number of hydrogen-bond donors (Lipinski definition) is 6. The number of nitrogens with two attached hydrogens (primary N) is 1. The molecule has 0 aromatic heterocycles. The van der Waals surface area contributed by atoms with E-state index in [1.165, 1.54) is 6.92 Å². The van der Waals surface area contributed by atoms with E-state index in [0.29, 0.717) is 0 Å². The topological polar surface area (TPSA) is 188 Å². The maximum Gasteiger partial charge on any atom is 0.326 e. The third-order valence-electron chi connectivity index (χ3n) is 3.19. The summed E-state index contributed by atoms with van der Waals surface area (Å²) in [5.74, 6) is -4.88. The van der Waals surface area contributed by atoms with Gasteiger partial charge in [0.2, 0.25) is 17.7 Å². The highest BCUT2D eigenvalue weighted by molar-refractivity contribution is 5.94. The molecule has 0 saturated carbocycles.